The van der Waals surface area contributed by atoms with Gasteiger partial charge >= 0.3 is 0 Å². The fourth-order valence-electron chi connectivity index (χ4n) is 1.51. The second-order valence-corrected chi connectivity index (χ2v) is 6.34. The molecule has 0 unspecified atom stereocenters. The summed E-state index contributed by atoms with van der Waals surface area (Å²) in [6.07, 6.45) is 2.99. The zero-order valence-corrected chi connectivity index (χ0v) is 12.7. The number of carbonyl (C=O) groups is 1. The lowest BCUT2D eigenvalue weighted by molar-refractivity contribution is 0.0954. The minimum atomic E-state index is -0.154. The van der Waals surface area contributed by atoms with Crippen molar-refractivity contribution in [3.8, 4) is 0 Å². The van der Waals surface area contributed by atoms with Crippen molar-refractivity contribution in [1.82, 2.24) is 14.9 Å². The summed E-state index contributed by atoms with van der Waals surface area (Å²) in [5.41, 5.74) is 0.615. The molecule has 0 atom stereocenters. The minimum absolute atomic E-state index is 0.0687. The number of carbonyl (C=O) groups excluding carboxylic acids is 1. The van der Waals surface area contributed by atoms with Crippen molar-refractivity contribution >= 4 is 29.0 Å². The van der Waals surface area contributed by atoms with Crippen LogP contribution in [0.3, 0.4) is 0 Å². The molecule has 0 saturated heterocycles. The summed E-state index contributed by atoms with van der Waals surface area (Å²) in [7, 11) is 0. The van der Waals surface area contributed by atoms with E-state index >= 15 is 0 Å². The van der Waals surface area contributed by atoms with Crippen molar-refractivity contribution in [2.45, 2.75) is 45.4 Å². The molecule has 1 aromatic rings. The minimum Gasteiger partial charge on any atom is -0.351 e. The van der Waals surface area contributed by atoms with Gasteiger partial charge in [-0.2, -0.15) is 0 Å². The predicted molar refractivity (Wildman–Crippen MR) is 75.5 cm³/mol. The number of hydrogen-bond donors (Lipinski definition) is 1. The third-order valence-corrected chi connectivity index (χ3v) is 3.49. The highest BCUT2D eigenvalue weighted by atomic mass is 35.5. The van der Waals surface area contributed by atoms with Crippen LogP contribution in [0.1, 0.15) is 55.4 Å². The molecule has 6 heteroatoms. The van der Waals surface area contributed by atoms with E-state index in [2.05, 4.69) is 14.9 Å². The largest absolute Gasteiger partial charge is 0.351 e. The molecular weight excluding hydrogens is 270 g/mol. The van der Waals surface area contributed by atoms with Gasteiger partial charge in [0.1, 0.15) is 4.88 Å². The molecule has 1 aromatic heterocycles. The van der Waals surface area contributed by atoms with Gasteiger partial charge in [0.05, 0.1) is 5.69 Å². The molecule has 4 nitrogen and oxygen atoms in total. The SMILES string of the molecule is CC(C)(C)c1nnsc1C(=O)NCCCCCCl. The normalized spacial score (nSPS) is 11.6. The van der Waals surface area contributed by atoms with Gasteiger partial charge < -0.3 is 5.32 Å². The second-order valence-electron chi connectivity index (χ2n) is 5.21. The first kappa shape index (κ1) is 15.4. The van der Waals surface area contributed by atoms with Gasteiger partial charge in [-0.05, 0) is 24.4 Å². The summed E-state index contributed by atoms with van der Waals surface area (Å²) in [6, 6.07) is 0. The third kappa shape index (κ3) is 4.53. The summed E-state index contributed by atoms with van der Waals surface area (Å²) < 4.78 is 3.88. The topological polar surface area (TPSA) is 54.9 Å². The van der Waals surface area contributed by atoms with E-state index in [4.69, 9.17) is 11.6 Å². The fourth-order valence-corrected chi connectivity index (χ4v) is 2.49. The second kappa shape index (κ2) is 7.04. The van der Waals surface area contributed by atoms with E-state index in [1.54, 1.807) is 0 Å². The van der Waals surface area contributed by atoms with Gasteiger partial charge in [-0.3, -0.25) is 4.79 Å². The molecule has 0 fully saturated rings. The van der Waals surface area contributed by atoms with Crippen LogP contribution in [0.5, 0.6) is 0 Å². The molecule has 18 heavy (non-hydrogen) atoms. The maximum absolute atomic E-state index is 12.0. The first-order valence-corrected chi connectivity index (χ1v) is 7.44. The maximum Gasteiger partial charge on any atom is 0.264 e. The average Bonchev–Trinajstić information content (AvgIpc) is 2.77. The number of alkyl halides is 1. The van der Waals surface area contributed by atoms with Crippen LogP contribution in [-0.2, 0) is 5.41 Å². The monoisotopic (exact) mass is 289 g/mol. The van der Waals surface area contributed by atoms with Gasteiger partial charge in [-0.25, -0.2) is 0 Å². The number of nitrogens with one attached hydrogen (secondary N) is 1. The predicted octanol–water partition coefficient (Wildman–Crippen LogP) is 2.97. The Kier molecular flexibility index (Phi) is 6.02. The molecule has 1 heterocycles. The number of nitrogens with zero attached hydrogens (tertiary/aromatic N) is 2. The molecule has 0 saturated carbocycles. The van der Waals surface area contributed by atoms with E-state index in [0.717, 1.165) is 36.5 Å². The van der Waals surface area contributed by atoms with Crippen LogP contribution in [-0.4, -0.2) is 27.9 Å². The molecule has 1 N–H and O–H groups in total. The molecule has 0 radical (unpaired) electrons. The molecule has 1 rings (SSSR count). The molecule has 0 spiro atoms. The van der Waals surface area contributed by atoms with E-state index < -0.39 is 0 Å². The lowest BCUT2D eigenvalue weighted by Gasteiger charge is -2.16. The third-order valence-electron chi connectivity index (χ3n) is 2.50. The van der Waals surface area contributed by atoms with Crippen LogP contribution in [0.15, 0.2) is 0 Å². The van der Waals surface area contributed by atoms with Gasteiger partial charge in [0.25, 0.3) is 5.91 Å². The Morgan fingerprint density at radius 1 is 1.33 bits per heavy atom. The van der Waals surface area contributed by atoms with E-state index in [0.29, 0.717) is 17.3 Å². The molecule has 0 bridgehead atoms. The number of amides is 1. The summed E-state index contributed by atoms with van der Waals surface area (Å²) in [5.74, 6) is 0.613. The molecular formula is C12H20ClN3OS. The van der Waals surface area contributed by atoms with Crippen LogP contribution < -0.4 is 5.32 Å². The smallest absolute Gasteiger partial charge is 0.264 e. The average molecular weight is 290 g/mol. The summed E-state index contributed by atoms with van der Waals surface area (Å²) in [4.78, 5) is 12.6. The highest BCUT2D eigenvalue weighted by Crippen LogP contribution is 2.25. The molecule has 0 aliphatic carbocycles. The number of aromatic nitrogens is 2. The van der Waals surface area contributed by atoms with Crippen molar-refractivity contribution in [3.63, 3.8) is 0 Å². The summed E-state index contributed by atoms with van der Waals surface area (Å²) in [6.45, 7) is 6.76. The zero-order valence-electron chi connectivity index (χ0n) is 11.1. The van der Waals surface area contributed by atoms with Crippen LogP contribution in [0, 0.1) is 0 Å². The fraction of sp³-hybridized carbons (Fsp3) is 0.750. The van der Waals surface area contributed by atoms with Crippen LogP contribution in [0.4, 0.5) is 0 Å². The van der Waals surface area contributed by atoms with Crippen LogP contribution in [0.2, 0.25) is 0 Å². The Balaban J connectivity index is 2.50. The first-order valence-electron chi connectivity index (χ1n) is 6.14. The Morgan fingerprint density at radius 3 is 2.67 bits per heavy atom. The van der Waals surface area contributed by atoms with Crippen molar-refractivity contribution in [2.75, 3.05) is 12.4 Å². The Bertz CT molecular complexity index is 387. The number of hydrogen-bond acceptors (Lipinski definition) is 4. The van der Waals surface area contributed by atoms with Gasteiger partial charge in [0.15, 0.2) is 0 Å². The van der Waals surface area contributed by atoms with Crippen LogP contribution >= 0.6 is 23.1 Å². The Hall–Kier alpha value is -0.680. The Morgan fingerprint density at radius 2 is 2.06 bits per heavy atom. The quantitative estimate of drug-likeness (QED) is 0.647. The van der Waals surface area contributed by atoms with Gasteiger partial charge in [0, 0.05) is 17.8 Å². The molecule has 1 amide bonds. The van der Waals surface area contributed by atoms with Gasteiger partial charge in [-0.1, -0.05) is 31.7 Å². The van der Waals surface area contributed by atoms with Gasteiger partial charge in [-0.15, -0.1) is 16.7 Å². The van der Waals surface area contributed by atoms with Crippen molar-refractivity contribution in [2.24, 2.45) is 0 Å². The highest BCUT2D eigenvalue weighted by Gasteiger charge is 2.25. The molecule has 0 aliphatic heterocycles. The lowest BCUT2D eigenvalue weighted by atomic mass is 9.91. The lowest BCUT2D eigenvalue weighted by Crippen LogP contribution is -2.27. The maximum atomic E-state index is 12.0. The van der Waals surface area contributed by atoms with Crippen LogP contribution in [0.25, 0.3) is 0 Å². The molecule has 0 aliphatic rings. The zero-order chi connectivity index (χ0) is 13.6. The van der Waals surface area contributed by atoms with Crippen molar-refractivity contribution in [3.05, 3.63) is 10.6 Å². The van der Waals surface area contributed by atoms with E-state index in [1.165, 1.54) is 0 Å². The van der Waals surface area contributed by atoms with Crippen molar-refractivity contribution in [1.29, 1.82) is 0 Å². The summed E-state index contributed by atoms with van der Waals surface area (Å²) in [5, 5.41) is 6.96. The first-order chi connectivity index (χ1) is 8.46. The molecule has 102 valence electrons. The van der Waals surface area contributed by atoms with E-state index in [9.17, 15) is 4.79 Å². The number of halogens is 1. The van der Waals surface area contributed by atoms with E-state index in [-0.39, 0.29) is 11.3 Å². The summed E-state index contributed by atoms with van der Waals surface area (Å²) >= 11 is 6.75. The van der Waals surface area contributed by atoms with Crippen molar-refractivity contribution < 1.29 is 4.79 Å². The highest BCUT2D eigenvalue weighted by molar-refractivity contribution is 7.08. The number of unbranched alkanes of at least 4 members (excludes halogenated alkanes) is 2. The Labute approximate surface area is 117 Å². The van der Waals surface area contributed by atoms with E-state index in [1.807, 2.05) is 20.8 Å². The number of rotatable bonds is 6. The molecule has 0 aromatic carbocycles. The standard InChI is InChI=1S/C12H20ClN3OS/c1-12(2,3)10-9(18-16-15-10)11(17)14-8-6-4-5-7-13/h4-8H2,1-3H3,(H,14,17). The van der Waals surface area contributed by atoms with Gasteiger partial charge in [0.2, 0.25) is 0 Å².